The predicted molar refractivity (Wildman–Crippen MR) is 125 cm³/mol. The van der Waals surface area contributed by atoms with Crippen molar-refractivity contribution in [1.29, 1.82) is 0 Å². The van der Waals surface area contributed by atoms with Gasteiger partial charge in [-0.1, -0.05) is 18.2 Å². The summed E-state index contributed by atoms with van der Waals surface area (Å²) >= 11 is 0. The Labute approximate surface area is 194 Å². The third-order valence-corrected chi connectivity index (χ3v) is 5.41. The van der Waals surface area contributed by atoms with Gasteiger partial charge in [-0.3, -0.25) is 19.3 Å². The molecule has 0 aliphatic carbocycles. The molecule has 0 spiro atoms. The van der Waals surface area contributed by atoms with E-state index in [0.29, 0.717) is 28.6 Å². The van der Waals surface area contributed by atoms with Crippen molar-refractivity contribution < 1.29 is 13.6 Å². The van der Waals surface area contributed by atoms with Crippen LogP contribution in [0.15, 0.2) is 59.8 Å². The number of hydrogen-bond donors (Lipinski definition) is 2. The largest absolute Gasteiger partial charge is 0.351 e. The lowest BCUT2D eigenvalue weighted by atomic mass is 10.0. The predicted octanol–water partition coefficient (Wildman–Crippen LogP) is 3.06. The van der Waals surface area contributed by atoms with E-state index >= 15 is 0 Å². The fraction of sp³-hybridized carbons (Fsp3) is 0.250. The standard InChI is InChI=1S/C24H24F2N6O2/c1-31(2)9-8-27-23(33)17-5-3-4-15(10-17)13-32-14-28-20-11-16(6-7-18(20)24(32)34)19-12-29-30-21(19)22(25)26/h3-7,10-12,14,22H,8-9,13H2,1-2H3,(H,27,33)(H,29,30). The van der Waals surface area contributed by atoms with E-state index in [9.17, 15) is 18.4 Å². The average Bonchev–Trinajstić information content (AvgIpc) is 3.31. The Hall–Kier alpha value is -3.92. The van der Waals surface area contributed by atoms with Gasteiger partial charge in [0.2, 0.25) is 0 Å². The van der Waals surface area contributed by atoms with E-state index in [1.165, 1.54) is 17.1 Å². The van der Waals surface area contributed by atoms with Gasteiger partial charge in [-0.2, -0.15) is 5.10 Å². The van der Waals surface area contributed by atoms with Crippen molar-refractivity contribution in [2.24, 2.45) is 0 Å². The molecule has 2 heterocycles. The summed E-state index contributed by atoms with van der Waals surface area (Å²) in [6.07, 6.45) is 0.0508. The first-order chi connectivity index (χ1) is 16.3. The molecule has 0 bridgehead atoms. The Bertz CT molecular complexity index is 1380. The van der Waals surface area contributed by atoms with Gasteiger partial charge in [-0.15, -0.1) is 0 Å². The van der Waals surface area contributed by atoms with Crippen molar-refractivity contribution in [2.75, 3.05) is 27.2 Å². The third-order valence-electron chi connectivity index (χ3n) is 5.41. The summed E-state index contributed by atoms with van der Waals surface area (Å²) in [5.41, 5.74) is 1.90. The number of carbonyl (C=O) groups is 1. The Morgan fingerprint density at radius 2 is 2.03 bits per heavy atom. The van der Waals surface area contributed by atoms with Crippen molar-refractivity contribution in [1.82, 2.24) is 30.0 Å². The summed E-state index contributed by atoms with van der Waals surface area (Å²) in [7, 11) is 3.86. The zero-order valence-electron chi connectivity index (χ0n) is 18.8. The number of H-pyrrole nitrogens is 1. The molecule has 10 heteroatoms. The van der Waals surface area contributed by atoms with Crippen LogP contribution in [0.2, 0.25) is 0 Å². The van der Waals surface area contributed by atoms with Crippen molar-refractivity contribution >= 4 is 16.8 Å². The molecule has 0 unspecified atom stereocenters. The number of halogens is 2. The molecule has 1 amide bonds. The van der Waals surface area contributed by atoms with Gasteiger partial charge in [0.05, 0.1) is 30.0 Å². The van der Waals surface area contributed by atoms with E-state index in [4.69, 9.17) is 0 Å². The highest BCUT2D eigenvalue weighted by Crippen LogP contribution is 2.30. The molecule has 0 saturated carbocycles. The Balaban J connectivity index is 1.56. The second kappa shape index (κ2) is 9.92. The molecule has 176 valence electrons. The van der Waals surface area contributed by atoms with Crippen LogP contribution >= 0.6 is 0 Å². The lowest BCUT2D eigenvalue weighted by Crippen LogP contribution is -2.31. The number of benzene rings is 2. The molecule has 2 N–H and O–H groups in total. The molecule has 0 aliphatic rings. The van der Waals surface area contributed by atoms with E-state index in [0.717, 1.165) is 12.1 Å². The zero-order valence-corrected chi connectivity index (χ0v) is 18.8. The molecule has 0 saturated heterocycles. The molecule has 0 aliphatic heterocycles. The number of aromatic nitrogens is 4. The van der Waals surface area contributed by atoms with E-state index in [1.807, 2.05) is 25.1 Å². The highest BCUT2D eigenvalue weighted by molar-refractivity contribution is 5.94. The number of carbonyl (C=O) groups excluding carboxylic acids is 1. The monoisotopic (exact) mass is 466 g/mol. The number of nitrogens with zero attached hydrogens (tertiary/aromatic N) is 4. The molecular formula is C24H24F2N6O2. The maximum atomic E-state index is 13.2. The number of likely N-dealkylation sites (N-methyl/N-ethyl adjacent to an activating group) is 1. The van der Waals surface area contributed by atoms with Crippen LogP contribution in [0.1, 0.15) is 28.0 Å². The van der Waals surface area contributed by atoms with E-state index < -0.39 is 6.43 Å². The van der Waals surface area contributed by atoms with Crippen LogP contribution < -0.4 is 10.9 Å². The van der Waals surface area contributed by atoms with Crippen molar-refractivity contribution in [2.45, 2.75) is 13.0 Å². The smallest absolute Gasteiger partial charge is 0.280 e. The summed E-state index contributed by atoms with van der Waals surface area (Å²) in [6, 6.07) is 11.8. The first-order valence-electron chi connectivity index (χ1n) is 10.7. The van der Waals surface area contributed by atoms with Gasteiger partial charge < -0.3 is 10.2 Å². The molecule has 2 aromatic carbocycles. The minimum Gasteiger partial charge on any atom is -0.351 e. The Morgan fingerprint density at radius 3 is 2.79 bits per heavy atom. The van der Waals surface area contributed by atoms with Crippen LogP contribution in [-0.2, 0) is 6.54 Å². The number of alkyl halides is 2. The summed E-state index contributed by atoms with van der Waals surface area (Å²) in [6.45, 7) is 1.50. The molecule has 34 heavy (non-hydrogen) atoms. The number of nitrogens with one attached hydrogen (secondary N) is 2. The van der Waals surface area contributed by atoms with Gasteiger partial charge in [0.1, 0.15) is 5.69 Å². The van der Waals surface area contributed by atoms with Crippen molar-refractivity contribution in [3.63, 3.8) is 0 Å². The fourth-order valence-corrected chi connectivity index (χ4v) is 3.63. The SMILES string of the molecule is CN(C)CCNC(=O)c1cccc(Cn2cnc3cc(-c4cn[nH]c4C(F)F)ccc3c2=O)c1. The first-order valence-corrected chi connectivity index (χ1v) is 10.7. The number of amides is 1. The molecule has 8 nitrogen and oxygen atoms in total. The number of fused-ring (bicyclic) bond motifs is 1. The highest BCUT2D eigenvalue weighted by Gasteiger charge is 2.17. The van der Waals surface area contributed by atoms with Gasteiger partial charge in [0, 0.05) is 24.2 Å². The van der Waals surface area contributed by atoms with Crippen LogP contribution in [0.25, 0.3) is 22.0 Å². The van der Waals surface area contributed by atoms with Crippen LogP contribution in [0.4, 0.5) is 8.78 Å². The minimum absolute atomic E-state index is 0.178. The minimum atomic E-state index is -2.69. The lowest BCUT2D eigenvalue weighted by Gasteiger charge is -2.11. The number of aromatic amines is 1. The van der Waals surface area contributed by atoms with Crippen LogP contribution in [0.3, 0.4) is 0 Å². The molecule has 0 radical (unpaired) electrons. The molecule has 2 aromatic heterocycles. The first kappa shape index (κ1) is 23.2. The molecule has 4 aromatic rings. The fourth-order valence-electron chi connectivity index (χ4n) is 3.63. The van der Waals surface area contributed by atoms with E-state index in [2.05, 4.69) is 20.5 Å². The molecular weight excluding hydrogens is 442 g/mol. The molecule has 4 rings (SSSR count). The van der Waals surface area contributed by atoms with Crippen LogP contribution in [-0.4, -0.2) is 57.7 Å². The second-order valence-corrected chi connectivity index (χ2v) is 8.17. The van der Waals surface area contributed by atoms with Gasteiger partial charge in [-0.05, 0) is 49.5 Å². The summed E-state index contributed by atoms with van der Waals surface area (Å²) < 4.78 is 27.8. The third kappa shape index (κ3) is 5.01. The van der Waals surface area contributed by atoms with Crippen molar-refractivity contribution in [3.8, 4) is 11.1 Å². The maximum absolute atomic E-state index is 13.2. The summed E-state index contributed by atoms with van der Waals surface area (Å²) in [5.74, 6) is -0.178. The highest BCUT2D eigenvalue weighted by atomic mass is 19.3. The molecule has 0 fully saturated rings. The maximum Gasteiger partial charge on any atom is 0.280 e. The normalized spacial score (nSPS) is 11.5. The zero-order chi connectivity index (χ0) is 24.2. The summed E-state index contributed by atoms with van der Waals surface area (Å²) in [5, 5.41) is 9.25. The second-order valence-electron chi connectivity index (χ2n) is 8.17. The van der Waals surface area contributed by atoms with Gasteiger partial charge in [0.25, 0.3) is 17.9 Å². The van der Waals surface area contributed by atoms with Crippen LogP contribution in [0.5, 0.6) is 0 Å². The lowest BCUT2D eigenvalue weighted by molar-refractivity contribution is 0.0951. The van der Waals surface area contributed by atoms with Gasteiger partial charge in [-0.25, -0.2) is 13.8 Å². The van der Waals surface area contributed by atoms with Crippen molar-refractivity contribution in [3.05, 3.63) is 82.2 Å². The number of rotatable bonds is 8. The Morgan fingerprint density at radius 1 is 1.21 bits per heavy atom. The average molecular weight is 466 g/mol. The number of hydrogen-bond acceptors (Lipinski definition) is 5. The summed E-state index contributed by atoms with van der Waals surface area (Å²) in [4.78, 5) is 31.8. The molecule has 0 atom stereocenters. The quantitative estimate of drug-likeness (QED) is 0.416. The van der Waals surface area contributed by atoms with E-state index in [-0.39, 0.29) is 29.3 Å². The van der Waals surface area contributed by atoms with Gasteiger partial charge >= 0.3 is 0 Å². The van der Waals surface area contributed by atoms with Gasteiger partial charge in [0.15, 0.2) is 0 Å². The van der Waals surface area contributed by atoms with Crippen LogP contribution in [0, 0.1) is 0 Å². The topological polar surface area (TPSA) is 95.9 Å². The Kier molecular flexibility index (Phi) is 6.78. The van der Waals surface area contributed by atoms with E-state index in [1.54, 1.807) is 36.4 Å².